The van der Waals surface area contributed by atoms with Crippen LogP contribution in [0.15, 0.2) is 96.2 Å². The van der Waals surface area contributed by atoms with Crippen molar-refractivity contribution in [3.8, 4) is 5.69 Å². The Hall–Kier alpha value is -3.92. The zero-order valence-corrected chi connectivity index (χ0v) is 18.0. The summed E-state index contributed by atoms with van der Waals surface area (Å²) in [6.07, 6.45) is 4.03. The smallest absolute Gasteiger partial charge is 0.249 e. The molecule has 0 atom stereocenters. The van der Waals surface area contributed by atoms with Crippen LogP contribution in [0.5, 0.6) is 0 Å². The molecule has 0 aliphatic carbocycles. The van der Waals surface area contributed by atoms with Gasteiger partial charge in [0.2, 0.25) is 6.33 Å². The first-order valence-electron chi connectivity index (χ1n) is 10.4. The molecule has 0 N–H and O–H groups in total. The zero-order chi connectivity index (χ0) is 21.4. The maximum absolute atomic E-state index is 4.31. The molecule has 0 aliphatic heterocycles. The zero-order valence-electron chi connectivity index (χ0n) is 18.0. The van der Waals surface area contributed by atoms with Gasteiger partial charge in [-0.05, 0) is 53.6 Å². The van der Waals surface area contributed by atoms with Crippen molar-refractivity contribution in [2.24, 2.45) is 12.0 Å². The Morgan fingerprint density at radius 2 is 1.61 bits per heavy atom. The minimum Gasteiger partial charge on any atom is -0.301 e. The summed E-state index contributed by atoms with van der Waals surface area (Å²) >= 11 is 0. The third kappa shape index (κ3) is 3.36. The van der Waals surface area contributed by atoms with Crippen LogP contribution >= 0.6 is 0 Å². The average Bonchev–Trinajstić information content (AvgIpc) is 3.12. The van der Waals surface area contributed by atoms with Gasteiger partial charge in [0.15, 0.2) is 11.0 Å². The third-order valence-electron chi connectivity index (χ3n) is 5.76. The maximum atomic E-state index is 4.31. The van der Waals surface area contributed by atoms with E-state index in [0.717, 1.165) is 17.1 Å². The van der Waals surface area contributed by atoms with E-state index in [1.54, 1.807) is 7.05 Å². The Labute approximate surface area is 182 Å². The Balaban J connectivity index is 1.67. The molecule has 0 radical (unpaired) electrons. The summed E-state index contributed by atoms with van der Waals surface area (Å²) in [6, 6.07) is 30.0. The molecular weight excluding hydrogens is 380 g/mol. The van der Waals surface area contributed by atoms with Crippen molar-refractivity contribution < 1.29 is 4.57 Å². The van der Waals surface area contributed by atoms with Crippen LogP contribution in [0, 0.1) is 6.92 Å². The van der Waals surface area contributed by atoms with Gasteiger partial charge in [0.1, 0.15) is 5.69 Å². The molecule has 1 aromatic heterocycles. The fourth-order valence-corrected chi connectivity index (χ4v) is 4.20. The number of benzene rings is 4. The van der Waals surface area contributed by atoms with Gasteiger partial charge in [-0.1, -0.05) is 48.5 Å². The van der Waals surface area contributed by atoms with Crippen LogP contribution in [0.4, 0.5) is 11.4 Å². The van der Waals surface area contributed by atoms with Crippen LogP contribution in [0.1, 0.15) is 5.56 Å². The summed E-state index contributed by atoms with van der Waals surface area (Å²) in [5.74, 6) is 0. The Bertz CT molecular complexity index is 1430. The fourth-order valence-electron chi connectivity index (χ4n) is 4.20. The molecule has 0 spiro atoms. The standard InChI is InChI=1S/C27H25N4/c1-20-9-4-7-14-25(20)30(18-28-2)23-12-8-13-24(17-23)31-19-29(3)26-15-21-10-5-6-11-22(21)16-27(26)31/h4-19H,1-3H3/q+1/b28-18+. The SMILES string of the molecule is C/N=C/N(c1cccc(-n2c[n+](C)c3cc4ccccc4cc32)c1)c1ccccc1C. The second-order valence-electron chi connectivity index (χ2n) is 7.83. The quantitative estimate of drug-likeness (QED) is 0.213. The van der Waals surface area contributed by atoms with Gasteiger partial charge in [0.25, 0.3) is 0 Å². The number of nitrogens with zero attached hydrogens (tertiary/aromatic N) is 4. The monoisotopic (exact) mass is 405 g/mol. The lowest BCUT2D eigenvalue weighted by Gasteiger charge is -2.22. The van der Waals surface area contributed by atoms with Gasteiger partial charge in [0.05, 0.1) is 19.1 Å². The molecule has 0 unspecified atom stereocenters. The van der Waals surface area contributed by atoms with Crippen molar-refractivity contribution in [2.75, 3.05) is 11.9 Å². The lowest BCUT2D eigenvalue weighted by molar-refractivity contribution is -0.645. The predicted octanol–water partition coefficient (Wildman–Crippen LogP) is 5.71. The largest absolute Gasteiger partial charge is 0.301 e. The predicted molar refractivity (Wildman–Crippen MR) is 130 cm³/mol. The molecule has 31 heavy (non-hydrogen) atoms. The van der Waals surface area contributed by atoms with Crippen molar-refractivity contribution in [1.29, 1.82) is 0 Å². The third-order valence-corrected chi connectivity index (χ3v) is 5.76. The van der Waals surface area contributed by atoms with E-state index in [1.165, 1.54) is 27.4 Å². The van der Waals surface area contributed by atoms with Gasteiger partial charge < -0.3 is 4.90 Å². The molecule has 0 saturated carbocycles. The molecule has 0 saturated heterocycles. The van der Waals surface area contributed by atoms with Gasteiger partial charge >= 0.3 is 0 Å². The van der Waals surface area contributed by atoms with E-state index in [-0.39, 0.29) is 0 Å². The minimum atomic E-state index is 1.07. The highest BCUT2D eigenvalue weighted by Gasteiger charge is 2.18. The molecule has 4 nitrogen and oxygen atoms in total. The van der Waals surface area contributed by atoms with E-state index >= 15 is 0 Å². The van der Waals surface area contributed by atoms with Crippen molar-refractivity contribution in [2.45, 2.75) is 6.92 Å². The highest BCUT2D eigenvalue weighted by molar-refractivity contribution is 5.95. The fraction of sp³-hybridized carbons (Fsp3) is 0.111. The van der Waals surface area contributed by atoms with E-state index in [4.69, 9.17) is 0 Å². The molecule has 1 heterocycles. The number of rotatable bonds is 4. The highest BCUT2D eigenvalue weighted by Crippen LogP contribution is 2.30. The normalized spacial score (nSPS) is 11.6. The summed E-state index contributed by atoms with van der Waals surface area (Å²) < 4.78 is 4.44. The molecule has 4 aromatic carbocycles. The van der Waals surface area contributed by atoms with Gasteiger partial charge in [-0.2, -0.15) is 4.57 Å². The first-order valence-corrected chi connectivity index (χ1v) is 10.4. The number of fused-ring (bicyclic) bond motifs is 2. The topological polar surface area (TPSA) is 24.4 Å². The van der Waals surface area contributed by atoms with E-state index in [9.17, 15) is 0 Å². The average molecular weight is 406 g/mol. The number of para-hydroxylation sites is 1. The highest BCUT2D eigenvalue weighted by atomic mass is 15.2. The van der Waals surface area contributed by atoms with Crippen LogP contribution in [0.2, 0.25) is 0 Å². The molecule has 0 fully saturated rings. The second kappa shape index (κ2) is 7.73. The van der Waals surface area contributed by atoms with Crippen LogP contribution < -0.4 is 9.47 Å². The molecule has 152 valence electrons. The molecule has 0 amide bonds. The Morgan fingerprint density at radius 1 is 0.871 bits per heavy atom. The number of aryl methyl sites for hydroxylation is 2. The molecule has 0 bridgehead atoms. The van der Waals surface area contributed by atoms with E-state index < -0.39 is 0 Å². The van der Waals surface area contributed by atoms with E-state index in [2.05, 4.69) is 124 Å². The van der Waals surface area contributed by atoms with Crippen molar-refractivity contribution in [3.05, 3.63) is 96.8 Å². The summed E-state index contributed by atoms with van der Waals surface area (Å²) in [5, 5.41) is 2.49. The molecule has 0 aliphatic rings. The van der Waals surface area contributed by atoms with Crippen LogP contribution in [0.3, 0.4) is 0 Å². The Morgan fingerprint density at radius 3 is 2.39 bits per heavy atom. The van der Waals surface area contributed by atoms with Crippen LogP contribution in [-0.2, 0) is 7.05 Å². The number of aromatic nitrogens is 2. The van der Waals surface area contributed by atoms with E-state index in [0.29, 0.717) is 0 Å². The first kappa shape index (κ1) is 19.1. The maximum Gasteiger partial charge on any atom is 0.249 e. The summed E-state index contributed by atoms with van der Waals surface area (Å²) in [4.78, 5) is 6.45. The molecular formula is C27H25N4+. The lowest BCUT2D eigenvalue weighted by atomic mass is 10.1. The molecule has 5 rings (SSSR count). The van der Waals surface area contributed by atoms with Crippen molar-refractivity contribution in [1.82, 2.24) is 4.57 Å². The van der Waals surface area contributed by atoms with Crippen molar-refractivity contribution in [3.63, 3.8) is 0 Å². The van der Waals surface area contributed by atoms with Crippen LogP contribution in [-0.4, -0.2) is 18.0 Å². The van der Waals surface area contributed by atoms with Crippen LogP contribution in [0.25, 0.3) is 27.5 Å². The Kier molecular flexibility index (Phi) is 4.75. The van der Waals surface area contributed by atoms with Gasteiger partial charge in [-0.3, -0.25) is 4.99 Å². The van der Waals surface area contributed by atoms with Gasteiger partial charge in [0, 0.05) is 18.8 Å². The number of hydrogen-bond acceptors (Lipinski definition) is 1. The van der Waals surface area contributed by atoms with E-state index in [1.807, 2.05) is 6.34 Å². The number of aliphatic imine (C=N–C) groups is 1. The number of anilines is 2. The number of imidazole rings is 1. The minimum absolute atomic E-state index is 1.07. The number of hydrogen-bond donors (Lipinski definition) is 0. The first-order chi connectivity index (χ1) is 15.2. The second-order valence-corrected chi connectivity index (χ2v) is 7.83. The summed E-state index contributed by atoms with van der Waals surface area (Å²) in [6.45, 7) is 2.13. The summed E-state index contributed by atoms with van der Waals surface area (Å²) in [5.41, 5.74) is 6.90. The van der Waals surface area contributed by atoms with Gasteiger partial charge in [-0.15, -0.1) is 0 Å². The molecule has 4 heteroatoms. The van der Waals surface area contributed by atoms with Crippen molar-refractivity contribution >= 4 is 39.5 Å². The van der Waals surface area contributed by atoms with Gasteiger partial charge in [-0.25, -0.2) is 4.57 Å². The summed E-state index contributed by atoms with van der Waals surface area (Å²) in [7, 11) is 3.90. The molecule has 5 aromatic rings. The lowest BCUT2D eigenvalue weighted by Crippen LogP contribution is -2.25.